The first-order chi connectivity index (χ1) is 10.0. The Kier molecular flexibility index (Phi) is 4.85. The molecular formula is C15H19ClN2O3. The van der Waals surface area contributed by atoms with Gasteiger partial charge in [0.1, 0.15) is 0 Å². The van der Waals surface area contributed by atoms with Crippen LogP contribution in [-0.2, 0) is 4.79 Å². The Bertz CT molecular complexity index is 570. The molecule has 0 fully saturated rings. The van der Waals surface area contributed by atoms with Gasteiger partial charge in [-0.3, -0.25) is 9.59 Å². The fourth-order valence-electron chi connectivity index (χ4n) is 2.71. The fraction of sp³-hybridized carbons (Fsp3) is 0.467. The van der Waals surface area contributed by atoms with Gasteiger partial charge in [0.2, 0.25) is 0 Å². The summed E-state index contributed by atoms with van der Waals surface area (Å²) in [5.74, 6) is -1.19. The Labute approximate surface area is 128 Å². The molecule has 0 unspecified atom stereocenters. The predicted molar refractivity (Wildman–Crippen MR) is 83.2 cm³/mol. The highest BCUT2D eigenvalue weighted by atomic mass is 35.5. The number of fused-ring (bicyclic) bond motifs is 1. The van der Waals surface area contributed by atoms with Crippen molar-refractivity contribution >= 4 is 34.7 Å². The van der Waals surface area contributed by atoms with Crippen LogP contribution in [0.5, 0.6) is 0 Å². The molecule has 1 aromatic carbocycles. The Morgan fingerprint density at radius 1 is 1.29 bits per heavy atom. The molecule has 1 amide bonds. The smallest absolute Gasteiger partial charge is 0.296 e. The zero-order valence-electron chi connectivity index (χ0n) is 12.1. The molecule has 1 aliphatic heterocycles. The van der Waals surface area contributed by atoms with E-state index in [1.165, 1.54) is 6.07 Å². The molecule has 5 nitrogen and oxygen atoms in total. The summed E-state index contributed by atoms with van der Waals surface area (Å²) in [7, 11) is 0. The van der Waals surface area contributed by atoms with E-state index in [0.717, 1.165) is 18.5 Å². The van der Waals surface area contributed by atoms with Crippen LogP contribution in [0.15, 0.2) is 12.1 Å². The lowest BCUT2D eigenvalue weighted by molar-refractivity contribution is -0.112. The minimum Gasteiger partial charge on any atom is -0.395 e. The third-order valence-corrected chi connectivity index (χ3v) is 4.12. The molecule has 0 bridgehead atoms. The van der Waals surface area contributed by atoms with Gasteiger partial charge in [-0.15, -0.1) is 0 Å². The summed E-state index contributed by atoms with van der Waals surface area (Å²) >= 11 is 6.29. The van der Waals surface area contributed by atoms with E-state index in [2.05, 4.69) is 19.2 Å². The van der Waals surface area contributed by atoms with Crippen molar-refractivity contribution in [1.82, 2.24) is 0 Å². The van der Waals surface area contributed by atoms with Crippen LogP contribution >= 0.6 is 11.6 Å². The number of nitrogens with zero attached hydrogens (tertiary/aromatic N) is 1. The van der Waals surface area contributed by atoms with Crippen LogP contribution < -0.4 is 10.2 Å². The maximum absolute atomic E-state index is 11.7. The number of aliphatic hydroxyl groups excluding tert-OH is 1. The van der Waals surface area contributed by atoms with E-state index in [1.807, 2.05) is 4.90 Å². The summed E-state index contributed by atoms with van der Waals surface area (Å²) in [5, 5.41) is 12.3. The van der Waals surface area contributed by atoms with Crippen molar-refractivity contribution in [1.29, 1.82) is 0 Å². The number of carbonyl (C=O) groups is 2. The van der Waals surface area contributed by atoms with Gasteiger partial charge in [-0.2, -0.15) is 0 Å². The quantitative estimate of drug-likeness (QED) is 0.792. The molecule has 0 radical (unpaired) electrons. The van der Waals surface area contributed by atoms with Gasteiger partial charge >= 0.3 is 0 Å². The minimum absolute atomic E-state index is 0.00913. The second-order valence-electron chi connectivity index (χ2n) is 5.02. The normalized spacial score (nSPS) is 13.6. The molecule has 0 spiro atoms. The van der Waals surface area contributed by atoms with Crippen LogP contribution in [0.25, 0.3) is 0 Å². The molecule has 1 aliphatic rings. The van der Waals surface area contributed by atoms with E-state index in [9.17, 15) is 14.7 Å². The van der Waals surface area contributed by atoms with Crippen LogP contribution in [0.4, 0.5) is 11.4 Å². The number of carbonyl (C=O) groups excluding carboxylic acids is 2. The number of hydrogen-bond donors (Lipinski definition) is 2. The van der Waals surface area contributed by atoms with Crippen LogP contribution in [-0.4, -0.2) is 36.0 Å². The van der Waals surface area contributed by atoms with Crippen molar-refractivity contribution in [3.8, 4) is 0 Å². The largest absolute Gasteiger partial charge is 0.395 e. The Morgan fingerprint density at radius 2 is 1.95 bits per heavy atom. The Balaban J connectivity index is 2.45. The molecule has 0 saturated carbocycles. The first-order valence-electron chi connectivity index (χ1n) is 7.10. The van der Waals surface area contributed by atoms with Gasteiger partial charge in [0.25, 0.3) is 11.7 Å². The van der Waals surface area contributed by atoms with E-state index >= 15 is 0 Å². The molecule has 0 aliphatic carbocycles. The lowest BCUT2D eigenvalue weighted by Crippen LogP contribution is -2.37. The first-order valence-corrected chi connectivity index (χ1v) is 7.47. The van der Waals surface area contributed by atoms with Crippen molar-refractivity contribution in [3.05, 3.63) is 22.7 Å². The number of halogens is 1. The molecule has 21 heavy (non-hydrogen) atoms. The molecule has 0 aromatic heterocycles. The van der Waals surface area contributed by atoms with Gasteiger partial charge in [0.15, 0.2) is 0 Å². The highest BCUT2D eigenvalue weighted by Crippen LogP contribution is 2.36. The highest BCUT2D eigenvalue weighted by Gasteiger charge is 2.30. The topological polar surface area (TPSA) is 69.6 Å². The zero-order valence-corrected chi connectivity index (χ0v) is 12.9. The molecule has 114 valence electrons. The number of Topliss-reactive ketones (excluding diaryl/α,β-unsaturated/α-hetero) is 1. The Morgan fingerprint density at radius 3 is 2.52 bits per heavy atom. The third-order valence-electron chi connectivity index (χ3n) is 3.82. The molecule has 0 atom stereocenters. The lowest BCUT2D eigenvalue weighted by Gasteiger charge is -2.33. The average Bonchev–Trinajstić information content (AvgIpc) is 2.74. The van der Waals surface area contributed by atoms with Gasteiger partial charge in [-0.05, 0) is 25.0 Å². The fourth-order valence-corrected chi connectivity index (χ4v) is 2.98. The summed E-state index contributed by atoms with van der Waals surface area (Å²) in [4.78, 5) is 25.1. The van der Waals surface area contributed by atoms with Gasteiger partial charge in [-0.25, -0.2) is 0 Å². The number of rotatable bonds is 6. The van der Waals surface area contributed by atoms with Crippen LogP contribution in [0.2, 0.25) is 5.02 Å². The van der Waals surface area contributed by atoms with E-state index in [1.54, 1.807) is 6.07 Å². The van der Waals surface area contributed by atoms with Crippen molar-refractivity contribution < 1.29 is 14.7 Å². The molecule has 2 N–H and O–H groups in total. The third kappa shape index (κ3) is 2.89. The van der Waals surface area contributed by atoms with Crippen LogP contribution in [0, 0.1) is 0 Å². The number of anilines is 2. The van der Waals surface area contributed by atoms with Crippen molar-refractivity contribution in [3.63, 3.8) is 0 Å². The van der Waals surface area contributed by atoms with Gasteiger partial charge in [0.05, 0.1) is 28.6 Å². The van der Waals surface area contributed by atoms with Crippen LogP contribution in [0.3, 0.4) is 0 Å². The summed E-state index contributed by atoms with van der Waals surface area (Å²) in [6, 6.07) is 3.48. The Hall–Kier alpha value is -1.59. The average molecular weight is 311 g/mol. The second-order valence-corrected chi connectivity index (χ2v) is 5.43. The number of hydrogen-bond acceptors (Lipinski definition) is 4. The highest BCUT2D eigenvalue weighted by molar-refractivity contribution is 6.52. The SMILES string of the molecule is CCC(CC)N(CCO)c1cc2c(cc1Cl)C(=O)C(=O)N2. The molecule has 1 heterocycles. The number of aliphatic hydroxyl groups is 1. The molecular weight excluding hydrogens is 292 g/mol. The monoisotopic (exact) mass is 310 g/mol. The second kappa shape index (κ2) is 6.45. The number of amides is 1. The van der Waals surface area contributed by atoms with Crippen molar-refractivity contribution in [2.45, 2.75) is 32.7 Å². The molecule has 0 saturated heterocycles. The van der Waals surface area contributed by atoms with Gasteiger partial charge in [-0.1, -0.05) is 25.4 Å². The first kappa shape index (κ1) is 15.8. The van der Waals surface area contributed by atoms with E-state index in [-0.39, 0.29) is 12.6 Å². The maximum Gasteiger partial charge on any atom is 0.296 e. The summed E-state index contributed by atoms with van der Waals surface area (Å²) in [5.41, 5.74) is 1.52. The van der Waals surface area contributed by atoms with Crippen LogP contribution in [0.1, 0.15) is 37.0 Å². The van der Waals surface area contributed by atoms with Crippen molar-refractivity contribution in [2.24, 2.45) is 0 Å². The summed E-state index contributed by atoms with van der Waals surface area (Å²) in [6.07, 6.45) is 1.82. The number of nitrogens with one attached hydrogen (secondary N) is 1. The molecule has 1 aromatic rings. The predicted octanol–water partition coefficient (Wildman–Crippen LogP) is 2.46. The van der Waals surface area contributed by atoms with E-state index < -0.39 is 11.7 Å². The zero-order chi connectivity index (χ0) is 15.6. The van der Waals surface area contributed by atoms with Crippen molar-refractivity contribution in [2.75, 3.05) is 23.4 Å². The maximum atomic E-state index is 11.7. The molecule has 6 heteroatoms. The standard InChI is InChI=1S/C15H19ClN2O3/c1-3-9(4-2)18(5-6-19)13-8-12-10(7-11(13)16)14(20)15(21)17-12/h7-9,19H,3-6H2,1-2H3,(H,17,20,21). The molecule has 2 rings (SSSR count). The summed E-state index contributed by atoms with van der Waals surface area (Å²) < 4.78 is 0. The van der Waals surface area contributed by atoms with Gasteiger partial charge in [0, 0.05) is 12.6 Å². The van der Waals surface area contributed by atoms with E-state index in [4.69, 9.17) is 11.6 Å². The van der Waals surface area contributed by atoms with Gasteiger partial charge < -0.3 is 15.3 Å². The number of ketones is 1. The number of benzene rings is 1. The summed E-state index contributed by atoms with van der Waals surface area (Å²) in [6.45, 7) is 4.61. The lowest BCUT2D eigenvalue weighted by atomic mass is 10.1. The minimum atomic E-state index is -0.630. The van der Waals surface area contributed by atoms with E-state index in [0.29, 0.717) is 22.8 Å².